The SMILES string of the molecule is CSCCC(NS(=O)(=O)c1ccc(C)cc1)C(=O)N(C)CCN1CCCC1. The third kappa shape index (κ3) is 6.78. The molecule has 1 N–H and O–H groups in total. The first-order chi connectivity index (χ1) is 12.8. The van der Waals surface area contributed by atoms with Crippen molar-refractivity contribution in [3.8, 4) is 0 Å². The lowest BCUT2D eigenvalue weighted by Gasteiger charge is -2.26. The summed E-state index contributed by atoms with van der Waals surface area (Å²) < 4.78 is 28.1. The van der Waals surface area contributed by atoms with E-state index >= 15 is 0 Å². The Labute approximate surface area is 167 Å². The van der Waals surface area contributed by atoms with Crippen molar-refractivity contribution < 1.29 is 13.2 Å². The van der Waals surface area contributed by atoms with Crippen LogP contribution in [-0.2, 0) is 14.8 Å². The third-order valence-corrected chi connectivity index (χ3v) is 7.00. The van der Waals surface area contributed by atoms with Gasteiger partial charge in [0, 0.05) is 20.1 Å². The molecule has 1 amide bonds. The molecule has 0 spiro atoms. The summed E-state index contributed by atoms with van der Waals surface area (Å²) in [5.74, 6) is 0.547. The van der Waals surface area contributed by atoms with Crippen molar-refractivity contribution in [3.63, 3.8) is 0 Å². The van der Waals surface area contributed by atoms with Gasteiger partial charge in [-0.2, -0.15) is 16.5 Å². The molecule has 8 heteroatoms. The minimum atomic E-state index is -3.73. The second kappa shape index (κ2) is 10.5. The van der Waals surface area contributed by atoms with Crippen molar-refractivity contribution >= 4 is 27.7 Å². The van der Waals surface area contributed by atoms with Crippen LogP contribution >= 0.6 is 11.8 Å². The second-order valence-electron chi connectivity index (χ2n) is 7.08. The molecule has 0 saturated carbocycles. The predicted molar refractivity (Wildman–Crippen MR) is 112 cm³/mol. The van der Waals surface area contributed by atoms with Gasteiger partial charge in [0.25, 0.3) is 0 Å². The predicted octanol–water partition coefficient (Wildman–Crippen LogP) is 1.95. The van der Waals surface area contributed by atoms with Gasteiger partial charge in [0.05, 0.1) is 4.90 Å². The number of thioether (sulfide) groups is 1. The van der Waals surface area contributed by atoms with Crippen LogP contribution in [0.1, 0.15) is 24.8 Å². The maximum Gasteiger partial charge on any atom is 0.241 e. The van der Waals surface area contributed by atoms with Gasteiger partial charge in [0.15, 0.2) is 0 Å². The minimum Gasteiger partial charge on any atom is -0.343 e. The Hall–Kier alpha value is -1.09. The first-order valence-corrected chi connectivity index (χ1v) is 12.3. The Balaban J connectivity index is 2.03. The van der Waals surface area contributed by atoms with Crippen LogP contribution in [0.15, 0.2) is 29.2 Å². The van der Waals surface area contributed by atoms with Crippen molar-refractivity contribution in [1.82, 2.24) is 14.5 Å². The van der Waals surface area contributed by atoms with E-state index in [9.17, 15) is 13.2 Å². The zero-order valence-electron chi connectivity index (χ0n) is 16.5. The number of sulfonamides is 1. The van der Waals surface area contributed by atoms with Crippen molar-refractivity contribution in [2.45, 2.75) is 37.1 Å². The first kappa shape index (κ1) is 22.2. The summed E-state index contributed by atoms with van der Waals surface area (Å²) in [7, 11) is -1.98. The molecule has 1 aliphatic heterocycles. The molecule has 1 atom stereocenters. The summed E-state index contributed by atoms with van der Waals surface area (Å²) in [6, 6.07) is 5.92. The summed E-state index contributed by atoms with van der Waals surface area (Å²) in [6.45, 7) is 5.52. The molecular formula is C19H31N3O3S2. The highest BCUT2D eigenvalue weighted by Crippen LogP contribution is 2.13. The standard InChI is InChI=1S/C19H31N3O3S2/c1-16-6-8-17(9-7-16)27(24,25)20-18(10-15-26-3)19(23)21(2)13-14-22-11-4-5-12-22/h6-9,18,20H,4-5,10-15H2,1-3H3. The third-order valence-electron chi connectivity index (χ3n) is 4.86. The van der Waals surface area contributed by atoms with E-state index in [2.05, 4.69) is 9.62 Å². The molecule has 0 radical (unpaired) electrons. The van der Waals surface area contributed by atoms with E-state index in [1.165, 1.54) is 12.8 Å². The van der Waals surface area contributed by atoms with Gasteiger partial charge in [-0.15, -0.1) is 0 Å². The highest BCUT2D eigenvalue weighted by Gasteiger charge is 2.28. The van der Waals surface area contributed by atoms with Crippen LogP contribution in [0.2, 0.25) is 0 Å². The lowest BCUT2D eigenvalue weighted by atomic mass is 10.2. The minimum absolute atomic E-state index is 0.168. The average Bonchev–Trinajstić information content (AvgIpc) is 3.16. The molecule has 2 rings (SSSR count). The number of hydrogen-bond donors (Lipinski definition) is 1. The summed E-state index contributed by atoms with van der Waals surface area (Å²) in [4.78, 5) is 17.1. The molecule has 1 aromatic carbocycles. The highest BCUT2D eigenvalue weighted by molar-refractivity contribution is 7.98. The lowest BCUT2D eigenvalue weighted by molar-refractivity contribution is -0.131. The Kier molecular flexibility index (Phi) is 8.60. The van der Waals surface area contributed by atoms with Gasteiger partial charge in [-0.05, 0) is 63.4 Å². The number of nitrogens with zero attached hydrogens (tertiary/aromatic N) is 2. The number of benzene rings is 1. The Bertz CT molecular complexity index is 701. The molecule has 1 aliphatic rings. The van der Waals surface area contributed by atoms with E-state index in [0.29, 0.717) is 18.7 Å². The molecule has 1 unspecified atom stereocenters. The fourth-order valence-electron chi connectivity index (χ4n) is 3.12. The van der Waals surface area contributed by atoms with Crippen molar-refractivity contribution in [1.29, 1.82) is 0 Å². The van der Waals surface area contributed by atoms with Gasteiger partial charge in [-0.25, -0.2) is 8.42 Å². The van der Waals surface area contributed by atoms with Gasteiger partial charge < -0.3 is 9.80 Å². The van der Waals surface area contributed by atoms with E-state index in [4.69, 9.17) is 0 Å². The summed E-state index contributed by atoms with van der Waals surface area (Å²) in [5.41, 5.74) is 0.991. The quantitative estimate of drug-likeness (QED) is 0.635. The molecule has 1 heterocycles. The highest BCUT2D eigenvalue weighted by atomic mass is 32.2. The van der Waals surface area contributed by atoms with Crippen molar-refractivity contribution in [3.05, 3.63) is 29.8 Å². The normalized spacial score (nSPS) is 16.4. The summed E-state index contributed by atoms with van der Waals surface area (Å²) >= 11 is 1.60. The molecule has 1 saturated heterocycles. The summed E-state index contributed by atoms with van der Waals surface area (Å²) in [5, 5.41) is 0. The largest absolute Gasteiger partial charge is 0.343 e. The van der Waals surface area contributed by atoms with E-state index in [-0.39, 0.29) is 10.8 Å². The van der Waals surface area contributed by atoms with Gasteiger partial charge >= 0.3 is 0 Å². The van der Waals surface area contributed by atoms with Crippen LogP contribution in [0.3, 0.4) is 0 Å². The van der Waals surface area contributed by atoms with Gasteiger partial charge in [-0.3, -0.25) is 4.79 Å². The topological polar surface area (TPSA) is 69.7 Å². The number of carbonyl (C=O) groups is 1. The van der Waals surface area contributed by atoms with Crippen LogP contribution in [0.4, 0.5) is 0 Å². The Morgan fingerprint density at radius 1 is 1.26 bits per heavy atom. The van der Waals surface area contributed by atoms with Crippen LogP contribution in [0.5, 0.6) is 0 Å². The smallest absolute Gasteiger partial charge is 0.241 e. The molecule has 1 fully saturated rings. The Morgan fingerprint density at radius 2 is 1.89 bits per heavy atom. The van der Waals surface area contributed by atoms with Crippen LogP contribution in [-0.4, -0.2) is 75.4 Å². The van der Waals surface area contributed by atoms with Gasteiger partial charge in [0.2, 0.25) is 15.9 Å². The zero-order valence-corrected chi connectivity index (χ0v) is 18.1. The number of likely N-dealkylation sites (tertiary alicyclic amines) is 1. The van der Waals surface area contributed by atoms with Crippen LogP contribution in [0.25, 0.3) is 0 Å². The number of aryl methyl sites for hydroxylation is 1. The van der Waals surface area contributed by atoms with Crippen LogP contribution in [0, 0.1) is 6.92 Å². The van der Waals surface area contributed by atoms with Crippen molar-refractivity contribution in [2.24, 2.45) is 0 Å². The van der Waals surface area contributed by atoms with E-state index in [1.54, 1.807) is 48.0 Å². The maximum absolute atomic E-state index is 12.9. The Morgan fingerprint density at radius 3 is 2.48 bits per heavy atom. The number of nitrogens with one attached hydrogen (secondary N) is 1. The van der Waals surface area contributed by atoms with Crippen LogP contribution < -0.4 is 4.72 Å². The molecule has 0 aromatic heterocycles. The summed E-state index contributed by atoms with van der Waals surface area (Å²) in [6.07, 6.45) is 4.85. The molecular weight excluding hydrogens is 382 g/mol. The lowest BCUT2D eigenvalue weighted by Crippen LogP contribution is -2.49. The second-order valence-corrected chi connectivity index (χ2v) is 9.78. The number of hydrogen-bond acceptors (Lipinski definition) is 5. The molecule has 0 aliphatic carbocycles. The first-order valence-electron chi connectivity index (χ1n) is 9.39. The number of likely N-dealkylation sites (N-methyl/N-ethyl adjacent to an activating group) is 1. The molecule has 6 nitrogen and oxygen atoms in total. The van der Waals surface area contributed by atoms with E-state index in [0.717, 1.165) is 25.2 Å². The fourth-order valence-corrected chi connectivity index (χ4v) is 4.81. The fraction of sp³-hybridized carbons (Fsp3) is 0.632. The van der Waals surface area contributed by atoms with E-state index in [1.807, 2.05) is 13.2 Å². The van der Waals surface area contributed by atoms with E-state index < -0.39 is 16.1 Å². The average molecular weight is 414 g/mol. The monoisotopic (exact) mass is 413 g/mol. The van der Waals surface area contributed by atoms with Gasteiger partial charge in [-0.1, -0.05) is 17.7 Å². The number of amides is 1. The maximum atomic E-state index is 12.9. The number of carbonyl (C=O) groups excluding carboxylic acids is 1. The molecule has 27 heavy (non-hydrogen) atoms. The molecule has 1 aromatic rings. The molecule has 152 valence electrons. The zero-order chi connectivity index (χ0) is 19.9. The van der Waals surface area contributed by atoms with Gasteiger partial charge in [0.1, 0.15) is 6.04 Å². The number of rotatable bonds is 10. The molecule has 0 bridgehead atoms. The van der Waals surface area contributed by atoms with Crippen molar-refractivity contribution in [2.75, 3.05) is 45.2 Å².